The van der Waals surface area contributed by atoms with Crippen molar-refractivity contribution in [3.63, 3.8) is 0 Å². The largest absolute Gasteiger partial charge is 0.457 e. The van der Waals surface area contributed by atoms with E-state index < -0.39 is 0 Å². The Balaban J connectivity index is 2.16. The molecule has 0 aliphatic rings. The van der Waals surface area contributed by atoms with Crippen molar-refractivity contribution in [2.45, 2.75) is 0 Å². The average molecular weight is 308 g/mol. The number of nitrogens with two attached hydrogens (primary N) is 1. The van der Waals surface area contributed by atoms with E-state index in [9.17, 15) is 0 Å². The summed E-state index contributed by atoms with van der Waals surface area (Å²) in [7, 11) is 0. The van der Waals surface area contributed by atoms with E-state index in [4.69, 9.17) is 22.7 Å². The molecule has 0 aliphatic heterocycles. The molecule has 2 nitrogen and oxygen atoms in total. The number of ether oxygens (including phenoxy) is 1. The number of rotatable bonds is 3. The zero-order valence-electron chi connectivity index (χ0n) is 8.89. The minimum absolute atomic E-state index is 0.388. The number of thiocarbonyl (C=S) groups is 1. The van der Waals surface area contributed by atoms with Gasteiger partial charge in [-0.05, 0) is 42.5 Å². The highest BCUT2D eigenvalue weighted by Crippen LogP contribution is 2.24. The molecule has 0 saturated carbocycles. The molecule has 86 valence electrons. The topological polar surface area (TPSA) is 35.2 Å². The Morgan fingerprint density at radius 1 is 1.06 bits per heavy atom. The van der Waals surface area contributed by atoms with Crippen LogP contribution < -0.4 is 10.5 Å². The molecule has 4 heteroatoms. The van der Waals surface area contributed by atoms with Gasteiger partial charge >= 0.3 is 0 Å². The van der Waals surface area contributed by atoms with E-state index in [1.54, 1.807) is 0 Å². The van der Waals surface area contributed by atoms with Crippen LogP contribution in [0.3, 0.4) is 0 Å². The second-order valence-corrected chi connectivity index (χ2v) is 4.80. The van der Waals surface area contributed by atoms with Gasteiger partial charge in [-0.1, -0.05) is 34.2 Å². The van der Waals surface area contributed by atoms with E-state index in [2.05, 4.69) is 15.9 Å². The molecule has 17 heavy (non-hydrogen) atoms. The van der Waals surface area contributed by atoms with Crippen LogP contribution in [0.1, 0.15) is 5.56 Å². The van der Waals surface area contributed by atoms with Gasteiger partial charge in [-0.2, -0.15) is 0 Å². The lowest BCUT2D eigenvalue weighted by atomic mass is 10.2. The molecule has 0 bridgehead atoms. The van der Waals surface area contributed by atoms with Crippen LogP contribution >= 0.6 is 28.1 Å². The van der Waals surface area contributed by atoms with E-state index in [0.29, 0.717) is 4.99 Å². The molecule has 0 amide bonds. The molecule has 0 radical (unpaired) electrons. The Morgan fingerprint density at radius 3 is 2.35 bits per heavy atom. The maximum absolute atomic E-state index is 5.68. The van der Waals surface area contributed by atoms with Crippen LogP contribution in [-0.2, 0) is 0 Å². The van der Waals surface area contributed by atoms with Gasteiger partial charge in [-0.3, -0.25) is 0 Å². The van der Waals surface area contributed by atoms with Crippen molar-refractivity contribution in [2.75, 3.05) is 0 Å². The van der Waals surface area contributed by atoms with Crippen LogP contribution in [0.2, 0.25) is 0 Å². The predicted octanol–water partition coefficient (Wildman–Crippen LogP) is 3.88. The third-order valence-electron chi connectivity index (χ3n) is 2.17. The van der Waals surface area contributed by atoms with Gasteiger partial charge in [-0.25, -0.2) is 0 Å². The second-order valence-electron chi connectivity index (χ2n) is 3.45. The Bertz CT molecular complexity index is 539. The fourth-order valence-corrected chi connectivity index (χ4v) is 1.87. The molecule has 0 spiro atoms. The molecule has 2 rings (SSSR count). The van der Waals surface area contributed by atoms with Crippen LogP contribution in [0, 0.1) is 0 Å². The van der Waals surface area contributed by atoms with Crippen LogP contribution in [-0.4, -0.2) is 4.99 Å². The Kier molecular flexibility index (Phi) is 3.76. The van der Waals surface area contributed by atoms with Gasteiger partial charge in [0.15, 0.2) is 0 Å². The normalized spacial score (nSPS) is 9.94. The Labute approximate surface area is 114 Å². The van der Waals surface area contributed by atoms with Crippen molar-refractivity contribution in [2.24, 2.45) is 5.73 Å². The van der Waals surface area contributed by atoms with E-state index in [1.165, 1.54) is 0 Å². The summed E-state index contributed by atoms with van der Waals surface area (Å²) in [6.07, 6.45) is 0. The molecule has 0 fully saturated rings. The first kappa shape index (κ1) is 12.1. The van der Waals surface area contributed by atoms with E-state index in [1.807, 2.05) is 48.5 Å². The first-order valence-corrected chi connectivity index (χ1v) is 6.18. The summed E-state index contributed by atoms with van der Waals surface area (Å²) >= 11 is 8.28. The molecule has 2 aromatic carbocycles. The maximum Gasteiger partial charge on any atom is 0.128 e. The lowest BCUT2D eigenvalue weighted by Crippen LogP contribution is -2.08. The Hall–Kier alpha value is -1.39. The summed E-state index contributed by atoms with van der Waals surface area (Å²) in [6, 6.07) is 15.0. The number of hydrogen-bond acceptors (Lipinski definition) is 2. The molecule has 2 N–H and O–H groups in total. The van der Waals surface area contributed by atoms with Crippen molar-refractivity contribution in [1.29, 1.82) is 0 Å². The monoisotopic (exact) mass is 307 g/mol. The van der Waals surface area contributed by atoms with Gasteiger partial charge in [0.05, 0.1) is 0 Å². The number of halogens is 1. The predicted molar refractivity (Wildman–Crippen MR) is 76.5 cm³/mol. The fourth-order valence-electron chi connectivity index (χ4n) is 1.35. The summed E-state index contributed by atoms with van der Waals surface area (Å²) in [5, 5.41) is 0. The third kappa shape index (κ3) is 3.28. The van der Waals surface area contributed by atoms with Crippen molar-refractivity contribution >= 4 is 33.1 Å². The molecular formula is C13H10BrNOS. The minimum atomic E-state index is 0.388. The van der Waals surface area contributed by atoms with E-state index >= 15 is 0 Å². The molecule has 0 unspecified atom stereocenters. The minimum Gasteiger partial charge on any atom is -0.457 e. The van der Waals surface area contributed by atoms with Gasteiger partial charge < -0.3 is 10.5 Å². The fraction of sp³-hybridized carbons (Fsp3) is 0. The number of benzene rings is 2. The lowest BCUT2D eigenvalue weighted by Gasteiger charge is -2.06. The van der Waals surface area contributed by atoms with Crippen molar-refractivity contribution in [3.8, 4) is 11.5 Å². The standard InChI is InChI=1S/C13H10BrNOS/c14-10-2-1-3-12(8-10)16-11-6-4-9(5-7-11)13(15)17/h1-8H,(H2,15,17). The van der Waals surface area contributed by atoms with E-state index in [-0.39, 0.29) is 0 Å². The SMILES string of the molecule is NC(=S)c1ccc(Oc2cccc(Br)c2)cc1. The molecule has 0 aromatic heterocycles. The smallest absolute Gasteiger partial charge is 0.128 e. The highest BCUT2D eigenvalue weighted by atomic mass is 79.9. The average Bonchev–Trinajstić information content (AvgIpc) is 2.29. The highest BCUT2D eigenvalue weighted by molar-refractivity contribution is 9.10. The van der Waals surface area contributed by atoms with Crippen LogP contribution in [0.5, 0.6) is 11.5 Å². The van der Waals surface area contributed by atoms with Gasteiger partial charge in [0.1, 0.15) is 16.5 Å². The zero-order valence-corrected chi connectivity index (χ0v) is 11.3. The zero-order chi connectivity index (χ0) is 12.3. The lowest BCUT2D eigenvalue weighted by molar-refractivity contribution is 0.482. The third-order valence-corrected chi connectivity index (χ3v) is 2.90. The first-order chi connectivity index (χ1) is 8.15. The summed E-state index contributed by atoms with van der Waals surface area (Å²) in [5.41, 5.74) is 6.36. The summed E-state index contributed by atoms with van der Waals surface area (Å²) < 4.78 is 6.66. The Morgan fingerprint density at radius 2 is 1.76 bits per heavy atom. The van der Waals surface area contributed by atoms with Gasteiger partial charge in [0.2, 0.25) is 0 Å². The maximum atomic E-state index is 5.68. The molecule has 0 aliphatic carbocycles. The van der Waals surface area contributed by atoms with Crippen LogP contribution in [0.25, 0.3) is 0 Å². The van der Waals surface area contributed by atoms with Crippen molar-refractivity contribution in [3.05, 3.63) is 58.6 Å². The first-order valence-electron chi connectivity index (χ1n) is 4.98. The van der Waals surface area contributed by atoms with Gasteiger partial charge in [0.25, 0.3) is 0 Å². The molecule has 2 aromatic rings. The van der Waals surface area contributed by atoms with Crippen LogP contribution in [0.15, 0.2) is 53.0 Å². The molecular weight excluding hydrogens is 298 g/mol. The van der Waals surface area contributed by atoms with Crippen molar-refractivity contribution < 1.29 is 4.74 Å². The highest BCUT2D eigenvalue weighted by Gasteiger charge is 1.99. The van der Waals surface area contributed by atoms with Gasteiger partial charge in [-0.15, -0.1) is 0 Å². The number of hydrogen-bond donors (Lipinski definition) is 1. The summed E-state index contributed by atoms with van der Waals surface area (Å²) in [4.78, 5) is 0.388. The molecule has 0 saturated heterocycles. The molecule has 0 heterocycles. The van der Waals surface area contributed by atoms with Crippen molar-refractivity contribution in [1.82, 2.24) is 0 Å². The summed E-state index contributed by atoms with van der Waals surface area (Å²) in [5.74, 6) is 1.53. The van der Waals surface area contributed by atoms with Gasteiger partial charge in [0, 0.05) is 10.0 Å². The van der Waals surface area contributed by atoms with Crippen LogP contribution in [0.4, 0.5) is 0 Å². The second kappa shape index (κ2) is 5.29. The molecule has 0 atom stereocenters. The summed E-state index contributed by atoms with van der Waals surface area (Å²) in [6.45, 7) is 0. The quantitative estimate of drug-likeness (QED) is 0.874. The van der Waals surface area contributed by atoms with E-state index in [0.717, 1.165) is 21.5 Å².